The molecule has 0 radical (unpaired) electrons. The maximum atomic E-state index is 12.1. The number of aryl methyl sites for hydroxylation is 1. The Labute approximate surface area is 128 Å². The van der Waals surface area contributed by atoms with Gasteiger partial charge in [0.15, 0.2) is 0 Å². The van der Waals surface area contributed by atoms with Crippen LogP contribution in [0.4, 0.5) is 5.69 Å². The van der Waals surface area contributed by atoms with E-state index in [9.17, 15) is 9.59 Å². The molecule has 6 heteroatoms. The zero-order chi connectivity index (χ0) is 15.5. The fourth-order valence-corrected chi connectivity index (χ4v) is 2.26. The molecule has 1 N–H and O–H groups in total. The standard InChI is InChI=1S/C16H16N4O2/c1-11-2-4-13(5-3-11)19-15(21)12-9-20(10-12)16(22)14-8-17-6-7-18-14/h2-8,12H,9-10H2,1H3,(H,19,21). The van der Waals surface area contributed by atoms with Gasteiger partial charge >= 0.3 is 0 Å². The highest BCUT2D eigenvalue weighted by Crippen LogP contribution is 2.20. The van der Waals surface area contributed by atoms with Crippen molar-refractivity contribution in [2.24, 2.45) is 5.92 Å². The van der Waals surface area contributed by atoms with E-state index in [0.29, 0.717) is 18.8 Å². The lowest BCUT2D eigenvalue weighted by molar-refractivity contribution is -0.123. The SMILES string of the molecule is Cc1ccc(NC(=O)C2CN(C(=O)c3cnccn3)C2)cc1. The largest absolute Gasteiger partial charge is 0.336 e. The van der Waals surface area contributed by atoms with Crippen molar-refractivity contribution < 1.29 is 9.59 Å². The second-order valence-electron chi connectivity index (χ2n) is 5.35. The second-order valence-corrected chi connectivity index (χ2v) is 5.35. The minimum atomic E-state index is -0.188. The van der Waals surface area contributed by atoms with E-state index in [1.54, 1.807) is 4.90 Å². The van der Waals surface area contributed by atoms with Gasteiger partial charge in [0.2, 0.25) is 5.91 Å². The molecule has 1 saturated heterocycles. The molecule has 0 spiro atoms. The zero-order valence-corrected chi connectivity index (χ0v) is 12.2. The molecule has 2 heterocycles. The van der Waals surface area contributed by atoms with Crippen molar-refractivity contribution in [1.29, 1.82) is 0 Å². The third-order valence-corrected chi connectivity index (χ3v) is 3.64. The summed E-state index contributed by atoms with van der Waals surface area (Å²) in [5.41, 5.74) is 2.22. The van der Waals surface area contributed by atoms with E-state index in [-0.39, 0.29) is 17.7 Å². The Morgan fingerprint density at radius 1 is 1.18 bits per heavy atom. The van der Waals surface area contributed by atoms with Gasteiger partial charge < -0.3 is 10.2 Å². The third kappa shape index (κ3) is 2.95. The van der Waals surface area contributed by atoms with Crippen molar-refractivity contribution in [3.63, 3.8) is 0 Å². The lowest BCUT2D eigenvalue weighted by Gasteiger charge is -2.37. The molecular weight excluding hydrogens is 280 g/mol. The summed E-state index contributed by atoms with van der Waals surface area (Å²) in [7, 11) is 0. The Balaban J connectivity index is 1.53. The topological polar surface area (TPSA) is 75.2 Å². The van der Waals surface area contributed by atoms with Gasteiger partial charge in [-0.3, -0.25) is 14.6 Å². The number of hydrogen-bond donors (Lipinski definition) is 1. The highest BCUT2D eigenvalue weighted by molar-refractivity contribution is 5.97. The van der Waals surface area contributed by atoms with E-state index in [2.05, 4.69) is 15.3 Å². The molecule has 2 amide bonds. The van der Waals surface area contributed by atoms with Gasteiger partial charge in [-0.25, -0.2) is 4.98 Å². The van der Waals surface area contributed by atoms with Gasteiger partial charge in [0.1, 0.15) is 5.69 Å². The van der Waals surface area contributed by atoms with Gasteiger partial charge in [0, 0.05) is 31.2 Å². The van der Waals surface area contributed by atoms with Crippen molar-refractivity contribution in [1.82, 2.24) is 14.9 Å². The first-order chi connectivity index (χ1) is 10.6. The van der Waals surface area contributed by atoms with Crippen molar-refractivity contribution >= 4 is 17.5 Å². The number of carbonyl (C=O) groups excluding carboxylic acids is 2. The van der Waals surface area contributed by atoms with Crippen LogP contribution in [0.1, 0.15) is 16.1 Å². The normalized spacial score (nSPS) is 14.3. The van der Waals surface area contributed by atoms with Gasteiger partial charge in [-0.15, -0.1) is 0 Å². The van der Waals surface area contributed by atoms with Crippen molar-refractivity contribution in [2.75, 3.05) is 18.4 Å². The first-order valence-electron chi connectivity index (χ1n) is 7.06. The van der Waals surface area contributed by atoms with E-state index >= 15 is 0 Å². The molecule has 3 rings (SSSR count). The Morgan fingerprint density at radius 2 is 1.91 bits per heavy atom. The summed E-state index contributed by atoms with van der Waals surface area (Å²) in [5, 5.41) is 2.87. The van der Waals surface area contributed by atoms with Gasteiger partial charge in [-0.2, -0.15) is 0 Å². The number of benzene rings is 1. The summed E-state index contributed by atoms with van der Waals surface area (Å²) in [4.78, 5) is 33.6. The number of amides is 2. The molecule has 2 aromatic rings. The molecule has 0 atom stereocenters. The summed E-state index contributed by atoms with van der Waals surface area (Å²) >= 11 is 0. The molecule has 0 unspecified atom stereocenters. The van der Waals surface area contributed by atoms with Crippen LogP contribution >= 0.6 is 0 Å². The predicted molar refractivity (Wildman–Crippen MR) is 81.2 cm³/mol. The van der Waals surface area contributed by atoms with Crippen LogP contribution in [0.25, 0.3) is 0 Å². The molecule has 1 fully saturated rings. The van der Waals surface area contributed by atoms with Crippen LogP contribution in [0.15, 0.2) is 42.9 Å². The summed E-state index contributed by atoms with van der Waals surface area (Å²) in [6.45, 7) is 2.81. The molecule has 1 aliphatic rings. The van der Waals surface area contributed by atoms with Crippen molar-refractivity contribution in [3.05, 3.63) is 54.1 Å². The van der Waals surface area contributed by atoms with Crippen LogP contribution in [-0.2, 0) is 4.79 Å². The monoisotopic (exact) mass is 296 g/mol. The molecule has 0 saturated carbocycles. The van der Waals surface area contributed by atoms with Crippen molar-refractivity contribution in [2.45, 2.75) is 6.92 Å². The zero-order valence-electron chi connectivity index (χ0n) is 12.2. The summed E-state index contributed by atoms with van der Waals surface area (Å²) in [6, 6.07) is 7.63. The van der Waals surface area contributed by atoms with Gasteiger partial charge in [-0.05, 0) is 19.1 Å². The van der Waals surface area contributed by atoms with Crippen LogP contribution in [-0.4, -0.2) is 39.8 Å². The number of carbonyl (C=O) groups is 2. The van der Waals surface area contributed by atoms with Crippen molar-refractivity contribution in [3.8, 4) is 0 Å². The second kappa shape index (κ2) is 5.93. The van der Waals surface area contributed by atoms with Crippen LogP contribution in [0.5, 0.6) is 0 Å². The summed E-state index contributed by atoms with van der Waals surface area (Å²) < 4.78 is 0. The van der Waals surface area contributed by atoms with E-state index in [1.165, 1.54) is 18.6 Å². The van der Waals surface area contributed by atoms with Crippen LogP contribution in [0, 0.1) is 12.8 Å². The summed E-state index contributed by atoms with van der Waals surface area (Å²) in [6.07, 6.45) is 4.43. The Bertz CT molecular complexity index is 679. The van der Waals surface area contributed by atoms with E-state index in [1.807, 2.05) is 31.2 Å². The molecule has 6 nitrogen and oxygen atoms in total. The lowest BCUT2D eigenvalue weighted by Crippen LogP contribution is -2.54. The third-order valence-electron chi connectivity index (χ3n) is 3.64. The fraction of sp³-hybridized carbons (Fsp3) is 0.250. The number of nitrogens with one attached hydrogen (secondary N) is 1. The maximum absolute atomic E-state index is 12.1. The molecule has 1 aromatic carbocycles. The predicted octanol–water partition coefficient (Wildman–Crippen LogP) is 1.50. The number of likely N-dealkylation sites (tertiary alicyclic amines) is 1. The highest BCUT2D eigenvalue weighted by Gasteiger charge is 2.36. The quantitative estimate of drug-likeness (QED) is 0.931. The van der Waals surface area contributed by atoms with Crippen LogP contribution in [0.3, 0.4) is 0 Å². The minimum absolute atomic E-state index is 0.0629. The first kappa shape index (κ1) is 14.2. The molecular formula is C16H16N4O2. The minimum Gasteiger partial charge on any atom is -0.336 e. The average Bonchev–Trinajstić information content (AvgIpc) is 2.49. The smallest absolute Gasteiger partial charge is 0.274 e. The fourth-order valence-electron chi connectivity index (χ4n) is 2.26. The average molecular weight is 296 g/mol. The molecule has 22 heavy (non-hydrogen) atoms. The van der Waals surface area contributed by atoms with E-state index < -0.39 is 0 Å². The van der Waals surface area contributed by atoms with E-state index in [0.717, 1.165) is 11.3 Å². The molecule has 112 valence electrons. The molecule has 0 bridgehead atoms. The number of aromatic nitrogens is 2. The van der Waals surface area contributed by atoms with Crippen LogP contribution < -0.4 is 5.32 Å². The molecule has 1 aliphatic heterocycles. The van der Waals surface area contributed by atoms with Gasteiger partial charge in [0.25, 0.3) is 5.91 Å². The van der Waals surface area contributed by atoms with Gasteiger partial charge in [-0.1, -0.05) is 17.7 Å². The van der Waals surface area contributed by atoms with Crippen LogP contribution in [0.2, 0.25) is 0 Å². The summed E-state index contributed by atoms with van der Waals surface area (Å²) in [5.74, 6) is -0.429. The lowest BCUT2D eigenvalue weighted by atomic mass is 9.98. The number of anilines is 1. The molecule has 1 aromatic heterocycles. The van der Waals surface area contributed by atoms with Gasteiger partial charge in [0.05, 0.1) is 12.1 Å². The Kier molecular flexibility index (Phi) is 3.82. The Morgan fingerprint density at radius 3 is 2.55 bits per heavy atom. The van der Waals surface area contributed by atoms with E-state index in [4.69, 9.17) is 0 Å². The Hall–Kier alpha value is -2.76. The molecule has 0 aliphatic carbocycles. The number of rotatable bonds is 3. The first-order valence-corrected chi connectivity index (χ1v) is 7.06. The number of nitrogens with zero attached hydrogens (tertiary/aromatic N) is 3. The number of hydrogen-bond acceptors (Lipinski definition) is 4. The maximum Gasteiger partial charge on any atom is 0.274 e. The highest BCUT2D eigenvalue weighted by atomic mass is 16.2.